The molecule has 1 aliphatic carbocycles. The minimum atomic E-state index is 0. The molecule has 1 heterocycles. The lowest BCUT2D eigenvalue weighted by molar-refractivity contribution is 0.251. The van der Waals surface area contributed by atoms with Crippen LogP contribution in [0.15, 0.2) is 29.3 Å². The van der Waals surface area contributed by atoms with E-state index < -0.39 is 0 Å². The number of rotatable bonds is 7. The molecule has 0 radical (unpaired) electrons. The summed E-state index contributed by atoms with van der Waals surface area (Å²) in [5, 5.41) is 6.90. The van der Waals surface area contributed by atoms with Gasteiger partial charge in [-0.1, -0.05) is 29.8 Å². The van der Waals surface area contributed by atoms with Crippen LogP contribution in [0.2, 0.25) is 0 Å². The summed E-state index contributed by atoms with van der Waals surface area (Å²) in [4.78, 5) is 7.51. The van der Waals surface area contributed by atoms with Crippen molar-refractivity contribution >= 4 is 29.9 Å². The van der Waals surface area contributed by atoms with Crippen molar-refractivity contribution in [3.05, 3.63) is 35.4 Å². The molecule has 1 unspecified atom stereocenters. The van der Waals surface area contributed by atoms with Gasteiger partial charge in [-0.15, -0.1) is 24.0 Å². The standard InChI is InChI=1S/C20H32N4.HI/c1-3-21-20(22-14-17-8-9-17)23-15-19(24-12-4-5-13-24)18-10-6-16(2)7-11-18;/h6-7,10-11,17,19H,3-5,8-9,12-15H2,1-2H3,(H2,21,22,23);1H. The zero-order chi connectivity index (χ0) is 16.8. The van der Waals surface area contributed by atoms with Gasteiger partial charge in [0.2, 0.25) is 0 Å². The second-order valence-corrected chi connectivity index (χ2v) is 7.21. The van der Waals surface area contributed by atoms with Crippen LogP contribution in [0.25, 0.3) is 0 Å². The average Bonchev–Trinajstić information content (AvgIpc) is 3.27. The maximum absolute atomic E-state index is 4.91. The van der Waals surface area contributed by atoms with Crippen LogP contribution in [-0.4, -0.2) is 43.6 Å². The van der Waals surface area contributed by atoms with E-state index in [1.54, 1.807) is 0 Å². The number of likely N-dealkylation sites (tertiary alicyclic amines) is 1. The van der Waals surface area contributed by atoms with Crippen molar-refractivity contribution in [2.75, 3.05) is 32.7 Å². The van der Waals surface area contributed by atoms with Gasteiger partial charge < -0.3 is 10.6 Å². The first-order valence-electron chi connectivity index (χ1n) is 9.59. The predicted molar refractivity (Wildman–Crippen MR) is 117 cm³/mol. The molecule has 1 saturated carbocycles. The Bertz CT molecular complexity index is 533. The number of guanidine groups is 1. The molecule has 4 nitrogen and oxygen atoms in total. The molecule has 1 aliphatic heterocycles. The van der Waals surface area contributed by atoms with E-state index in [0.29, 0.717) is 6.04 Å². The summed E-state index contributed by atoms with van der Waals surface area (Å²) in [5.74, 6) is 1.83. The Hall–Kier alpha value is -0.820. The van der Waals surface area contributed by atoms with E-state index in [0.717, 1.165) is 31.5 Å². The number of aliphatic imine (C=N–C) groups is 1. The van der Waals surface area contributed by atoms with E-state index in [-0.39, 0.29) is 24.0 Å². The van der Waals surface area contributed by atoms with Crippen LogP contribution in [0.1, 0.15) is 49.8 Å². The molecule has 1 saturated heterocycles. The quantitative estimate of drug-likeness (QED) is 0.373. The number of halogens is 1. The maximum Gasteiger partial charge on any atom is 0.191 e. The fourth-order valence-corrected chi connectivity index (χ4v) is 3.36. The summed E-state index contributed by atoms with van der Waals surface area (Å²) in [6.07, 6.45) is 5.36. The van der Waals surface area contributed by atoms with Crippen molar-refractivity contribution < 1.29 is 0 Å². The van der Waals surface area contributed by atoms with Gasteiger partial charge in [0, 0.05) is 13.1 Å². The summed E-state index contributed by atoms with van der Waals surface area (Å²) < 4.78 is 0. The topological polar surface area (TPSA) is 39.7 Å². The largest absolute Gasteiger partial charge is 0.357 e. The van der Waals surface area contributed by atoms with Crippen LogP contribution < -0.4 is 10.6 Å². The predicted octanol–water partition coefficient (Wildman–Crippen LogP) is 3.72. The van der Waals surface area contributed by atoms with Gasteiger partial charge in [-0.05, 0) is 64.1 Å². The Morgan fingerprint density at radius 2 is 1.84 bits per heavy atom. The Balaban J connectivity index is 0.00000225. The molecule has 0 aromatic heterocycles. The SMILES string of the molecule is CCNC(=NCC(c1ccc(C)cc1)N1CCCC1)NCC1CC1.I. The number of aryl methyl sites for hydroxylation is 1. The van der Waals surface area contributed by atoms with Crippen molar-refractivity contribution in [1.29, 1.82) is 0 Å². The minimum absolute atomic E-state index is 0. The number of hydrogen-bond acceptors (Lipinski definition) is 2. The van der Waals surface area contributed by atoms with E-state index in [4.69, 9.17) is 4.99 Å². The Kier molecular flexibility index (Phi) is 8.49. The molecule has 25 heavy (non-hydrogen) atoms. The highest BCUT2D eigenvalue weighted by Crippen LogP contribution is 2.28. The summed E-state index contributed by atoms with van der Waals surface area (Å²) >= 11 is 0. The Morgan fingerprint density at radius 1 is 1.16 bits per heavy atom. The van der Waals surface area contributed by atoms with Crippen LogP contribution in [0.3, 0.4) is 0 Å². The molecule has 1 atom stereocenters. The highest BCUT2D eigenvalue weighted by molar-refractivity contribution is 14.0. The lowest BCUT2D eigenvalue weighted by Crippen LogP contribution is -2.39. The van der Waals surface area contributed by atoms with Crippen molar-refractivity contribution in [2.45, 2.75) is 45.6 Å². The molecule has 140 valence electrons. The molecule has 2 aliphatic rings. The van der Waals surface area contributed by atoms with Gasteiger partial charge in [0.1, 0.15) is 0 Å². The first kappa shape index (κ1) is 20.5. The van der Waals surface area contributed by atoms with Crippen LogP contribution in [0.4, 0.5) is 0 Å². The van der Waals surface area contributed by atoms with E-state index >= 15 is 0 Å². The van der Waals surface area contributed by atoms with Gasteiger partial charge in [-0.2, -0.15) is 0 Å². The zero-order valence-corrected chi connectivity index (χ0v) is 18.0. The fraction of sp³-hybridized carbons (Fsp3) is 0.650. The third-order valence-corrected chi connectivity index (χ3v) is 5.07. The van der Waals surface area contributed by atoms with Crippen LogP contribution in [0, 0.1) is 12.8 Å². The normalized spacial score (nSPS) is 19.4. The molecule has 0 spiro atoms. The monoisotopic (exact) mass is 456 g/mol. The minimum Gasteiger partial charge on any atom is -0.357 e. The van der Waals surface area contributed by atoms with Gasteiger partial charge in [-0.25, -0.2) is 0 Å². The van der Waals surface area contributed by atoms with Gasteiger partial charge in [0.05, 0.1) is 12.6 Å². The van der Waals surface area contributed by atoms with Crippen LogP contribution in [0.5, 0.6) is 0 Å². The zero-order valence-electron chi connectivity index (χ0n) is 15.6. The van der Waals surface area contributed by atoms with Crippen molar-refractivity contribution in [3.8, 4) is 0 Å². The molecular formula is C20H33IN4. The highest BCUT2D eigenvalue weighted by atomic mass is 127. The second-order valence-electron chi connectivity index (χ2n) is 7.21. The summed E-state index contributed by atoms with van der Waals surface area (Å²) in [6, 6.07) is 9.39. The Morgan fingerprint density at radius 3 is 2.44 bits per heavy atom. The summed E-state index contributed by atoms with van der Waals surface area (Å²) in [7, 11) is 0. The molecule has 1 aromatic rings. The third-order valence-electron chi connectivity index (χ3n) is 5.07. The molecule has 3 rings (SSSR count). The third kappa shape index (κ3) is 6.44. The van der Waals surface area contributed by atoms with Gasteiger partial charge >= 0.3 is 0 Å². The smallest absolute Gasteiger partial charge is 0.191 e. The van der Waals surface area contributed by atoms with Crippen LogP contribution >= 0.6 is 24.0 Å². The van der Waals surface area contributed by atoms with Crippen molar-refractivity contribution in [1.82, 2.24) is 15.5 Å². The van der Waals surface area contributed by atoms with E-state index in [1.807, 2.05) is 0 Å². The second kappa shape index (κ2) is 10.4. The first-order valence-corrected chi connectivity index (χ1v) is 9.59. The van der Waals surface area contributed by atoms with E-state index in [9.17, 15) is 0 Å². The number of hydrogen-bond donors (Lipinski definition) is 2. The van der Waals surface area contributed by atoms with Gasteiger partial charge in [-0.3, -0.25) is 9.89 Å². The van der Waals surface area contributed by atoms with Crippen LogP contribution in [-0.2, 0) is 0 Å². The van der Waals surface area contributed by atoms with Gasteiger partial charge in [0.25, 0.3) is 0 Å². The lowest BCUT2D eigenvalue weighted by atomic mass is 10.0. The lowest BCUT2D eigenvalue weighted by Gasteiger charge is -2.27. The first-order chi connectivity index (χ1) is 11.8. The fourth-order valence-electron chi connectivity index (χ4n) is 3.36. The highest BCUT2D eigenvalue weighted by Gasteiger charge is 2.24. The summed E-state index contributed by atoms with van der Waals surface area (Å²) in [5.41, 5.74) is 2.71. The maximum atomic E-state index is 4.91. The molecular weight excluding hydrogens is 423 g/mol. The van der Waals surface area contributed by atoms with E-state index in [2.05, 4.69) is 53.6 Å². The molecule has 0 bridgehead atoms. The molecule has 1 aromatic carbocycles. The van der Waals surface area contributed by atoms with E-state index in [1.165, 1.54) is 49.9 Å². The molecule has 5 heteroatoms. The number of nitrogens with one attached hydrogen (secondary N) is 2. The summed E-state index contributed by atoms with van der Waals surface area (Å²) in [6.45, 7) is 9.47. The van der Waals surface area contributed by atoms with Crippen molar-refractivity contribution in [3.63, 3.8) is 0 Å². The average molecular weight is 456 g/mol. The number of benzene rings is 1. The Labute approximate surface area is 169 Å². The molecule has 0 amide bonds. The molecule has 2 N–H and O–H groups in total. The molecule has 2 fully saturated rings. The number of nitrogens with zero attached hydrogens (tertiary/aromatic N) is 2. The van der Waals surface area contributed by atoms with Gasteiger partial charge in [0.15, 0.2) is 5.96 Å². The van der Waals surface area contributed by atoms with Crippen molar-refractivity contribution in [2.24, 2.45) is 10.9 Å².